The summed E-state index contributed by atoms with van der Waals surface area (Å²) in [5, 5.41) is 0. The first-order valence-corrected chi connectivity index (χ1v) is 8.46. The molecule has 1 aliphatic heterocycles. The highest BCUT2D eigenvalue weighted by molar-refractivity contribution is 5.81. The average molecular weight is 324 g/mol. The lowest BCUT2D eigenvalue weighted by Crippen LogP contribution is -2.43. The highest BCUT2D eigenvalue weighted by atomic mass is 16.2. The molecule has 1 saturated heterocycles. The summed E-state index contributed by atoms with van der Waals surface area (Å²) in [6, 6.07) is 3.97. The number of amides is 1. The van der Waals surface area contributed by atoms with E-state index in [1.165, 1.54) is 0 Å². The van der Waals surface area contributed by atoms with Crippen LogP contribution in [0.5, 0.6) is 0 Å². The molecular formula is C19H24N4O. The van der Waals surface area contributed by atoms with Crippen molar-refractivity contribution in [3.63, 3.8) is 0 Å². The molecule has 1 amide bonds. The van der Waals surface area contributed by atoms with Crippen LogP contribution in [0.25, 0.3) is 11.1 Å². The number of piperidine rings is 1. The summed E-state index contributed by atoms with van der Waals surface area (Å²) in [7, 11) is 0. The van der Waals surface area contributed by atoms with E-state index in [-0.39, 0.29) is 11.3 Å². The first-order valence-electron chi connectivity index (χ1n) is 8.46. The molecule has 2 aromatic heterocycles. The molecule has 24 heavy (non-hydrogen) atoms. The van der Waals surface area contributed by atoms with Gasteiger partial charge in [0.15, 0.2) is 0 Å². The Morgan fingerprint density at radius 1 is 1.12 bits per heavy atom. The summed E-state index contributed by atoms with van der Waals surface area (Å²) in [5.74, 6) is 0.596. The first-order chi connectivity index (χ1) is 11.5. The fraction of sp³-hybridized carbons (Fsp3) is 0.474. The predicted molar refractivity (Wildman–Crippen MR) is 93.3 cm³/mol. The number of nitrogens with zero attached hydrogens (tertiary/aromatic N) is 4. The number of aromatic nitrogens is 3. The highest BCUT2D eigenvalue weighted by Crippen LogP contribution is 2.34. The van der Waals surface area contributed by atoms with Crippen molar-refractivity contribution in [2.24, 2.45) is 5.41 Å². The monoisotopic (exact) mass is 324 g/mol. The Kier molecular flexibility index (Phi) is 4.60. The molecule has 0 bridgehead atoms. The average Bonchev–Trinajstić information content (AvgIpc) is 2.61. The number of carbonyl (C=O) groups is 1. The topological polar surface area (TPSA) is 59.0 Å². The minimum Gasteiger partial charge on any atom is -0.342 e. The molecule has 1 fully saturated rings. The quantitative estimate of drug-likeness (QED) is 0.850. The van der Waals surface area contributed by atoms with E-state index in [4.69, 9.17) is 0 Å². The third kappa shape index (κ3) is 3.45. The Labute approximate surface area is 143 Å². The fourth-order valence-electron chi connectivity index (χ4n) is 3.25. The van der Waals surface area contributed by atoms with Gasteiger partial charge in [0.1, 0.15) is 6.33 Å². The maximum atomic E-state index is 12.4. The van der Waals surface area contributed by atoms with E-state index in [0.717, 1.165) is 42.8 Å². The molecule has 0 unspecified atom stereocenters. The van der Waals surface area contributed by atoms with Crippen LogP contribution in [0, 0.1) is 5.41 Å². The molecule has 0 spiro atoms. The molecule has 3 rings (SSSR count). The second-order valence-corrected chi connectivity index (χ2v) is 7.37. The maximum Gasteiger partial charge on any atom is 0.227 e. The van der Waals surface area contributed by atoms with Crippen molar-refractivity contribution in [3.05, 3.63) is 42.7 Å². The van der Waals surface area contributed by atoms with Gasteiger partial charge in [-0.15, -0.1) is 0 Å². The number of pyridine rings is 1. The van der Waals surface area contributed by atoms with E-state index < -0.39 is 0 Å². The lowest BCUT2D eigenvalue weighted by atomic mass is 9.87. The second-order valence-electron chi connectivity index (χ2n) is 7.37. The van der Waals surface area contributed by atoms with Crippen LogP contribution in [0.4, 0.5) is 0 Å². The minimum absolute atomic E-state index is 0.234. The number of carbonyl (C=O) groups excluding carboxylic acids is 1. The smallest absolute Gasteiger partial charge is 0.227 e. The number of likely N-dealkylation sites (tertiary alicyclic amines) is 1. The van der Waals surface area contributed by atoms with Gasteiger partial charge in [-0.25, -0.2) is 9.97 Å². The zero-order valence-corrected chi connectivity index (χ0v) is 14.6. The van der Waals surface area contributed by atoms with Gasteiger partial charge in [0.2, 0.25) is 5.91 Å². The van der Waals surface area contributed by atoms with Crippen molar-refractivity contribution < 1.29 is 4.79 Å². The normalized spacial score (nSPS) is 16.2. The summed E-state index contributed by atoms with van der Waals surface area (Å²) in [6.45, 7) is 7.52. The van der Waals surface area contributed by atoms with Crippen LogP contribution < -0.4 is 0 Å². The number of rotatable bonds is 2. The molecule has 0 radical (unpaired) electrons. The molecule has 3 heterocycles. The maximum absolute atomic E-state index is 12.4. The standard InChI is InChI=1S/C19H24N4O/c1-19(2,3)18(24)23-10-6-15(7-11-23)17-16(12-21-13-22-17)14-4-8-20-9-5-14/h4-5,8-9,12-13,15H,6-7,10-11H2,1-3H3. The van der Waals surface area contributed by atoms with Crippen molar-refractivity contribution in [2.75, 3.05) is 13.1 Å². The molecular weight excluding hydrogens is 300 g/mol. The molecule has 0 saturated carbocycles. The van der Waals surface area contributed by atoms with E-state index in [2.05, 4.69) is 15.0 Å². The summed E-state index contributed by atoms with van der Waals surface area (Å²) >= 11 is 0. The van der Waals surface area contributed by atoms with Crippen LogP contribution in [0.2, 0.25) is 0 Å². The lowest BCUT2D eigenvalue weighted by Gasteiger charge is -2.36. The van der Waals surface area contributed by atoms with Gasteiger partial charge in [-0.05, 0) is 30.5 Å². The highest BCUT2D eigenvalue weighted by Gasteiger charge is 2.31. The summed E-state index contributed by atoms with van der Waals surface area (Å²) in [4.78, 5) is 27.3. The van der Waals surface area contributed by atoms with E-state index in [1.807, 2.05) is 44.0 Å². The third-order valence-corrected chi connectivity index (χ3v) is 4.54. The minimum atomic E-state index is -0.316. The van der Waals surface area contributed by atoms with Gasteiger partial charge in [-0.1, -0.05) is 20.8 Å². The SMILES string of the molecule is CC(C)(C)C(=O)N1CCC(c2ncncc2-c2ccncc2)CC1. The van der Waals surface area contributed by atoms with Crippen molar-refractivity contribution in [3.8, 4) is 11.1 Å². The Hall–Kier alpha value is -2.30. The van der Waals surface area contributed by atoms with Crippen molar-refractivity contribution in [1.82, 2.24) is 19.9 Å². The van der Waals surface area contributed by atoms with Gasteiger partial charge in [-0.3, -0.25) is 9.78 Å². The van der Waals surface area contributed by atoms with Crippen molar-refractivity contribution in [2.45, 2.75) is 39.5 Å². The molecule has 0 atom stereocenters. The summed E-state index contributed by atoms with van der Waals surface area (Å²) in [5.41, 5.74) is 2.93. The van der Waals surface area contributed by atoms with Crippen molar-refractivity contribution in [1.29, 1.82) is 0 Å². The van der Waals surface area contributed by atoms with E-state index >= 15 is 0 Å². The van der Waals surface area contributed by atoms with Crippen molar-refractivity contribution >= 4 is 5.91 Å². The largest absolute Gasteiger partial charge is 0.342 e. The molecule has 5 nitrogen and oxygen atoms in total. The Morgan fingerprint density at radius 2 is 1.79 bits per heavy atom. The molecule has 5 heteroatoms. The number of hydrogen-bond acceptors (Lipinski definition) is 4. The lowest BCUT2D eigenvalue weighted by molar-refractivity contribution is -0.140. The van der Waals surface area contributed by atoms with Crippen LogP contribution in [0.3, 0.4) is 0 Å². The van der Waals surface area contributed by atoms with Gasteiger partial charge in [0, 0.05) is 48.6 Å². The van der Waals surface area contributed by atoms with Crippen LogP contribution in [0.15, 0.2) is 37.1 Å². The van der Waals surface area contributed by atoms with Crippen LogP contribution in [-0.2, 0) is 4.79 Å². The molecule has 0 N–H and O–H groups in total. The fourth-order valence-corrected chi connectivity index (χ4v) is 3.25. The molecule has 1 aliphatic rings. The Balaban J connectivity index is 1.77. The number of hydrogen-bond donors (Lipinski definition) is 0. The van der Waals surface area contributed by atoms with Gasteiger partial charge in [0.25, 0.3) is 0 Å². The van der Waals surface area contributed by atoms with Crippen LogP contribution in [-0.4, -0.2) is 38.8 Å². The van der Waals surface area contributed by atoms with Crippen LogP contribution in [0.1, 0.15) is 45.2 Å². The van der Waals surface area contributed by atoms with E-state index in [0.29, 0.717) is 5.92 Å². The predicted octanol–water partition coefficient (Wildman–Crippen LogP) is 3.29. The van der Waals surface area contributed by atoms with Gasteiger partial charge >= 0.3 is 0 Å². The molecule has 0 aromatic carbocycles. The Bertz CT molecular complexity index is 701. The summed E-state index contributed by atoms with van der Waals surface area (Å²) < 4.78 is 0. The second kappa shape index (κ2) is 6.67. The molecule has 126 valence electrons. The van der Waals surface area contributed by atoms with E-state index in [9.17, 15) is 4.79 Å². The Morgan fingerprint density at radius 3 is 2.42 bits per heavy atom. The zero-order chi connectivity index (χ0) is 17.2. The summed E-state index contributed by atoms with van der Waals surface area (Å²) in [6.07, 6.45) is 8.96. The van der Waals surface area contributed by atoms with Gasteiger partial charge in [0.05, 0.1) is 5.69 Å². The molecule has 2 aromatic rings. The molecule has 0 aliphatic carbocycles. The first kappa shape index (κ1) is 16.6. The van der Waals surface area contributed by atoms with Gasteiger partial charge < -0.3 is 4.90 Å². The zero-order valence-electron chi connectivity index (χ0n) is 14.6. The van der Waals surface area contributed by atoms with Gasteiger partial charge in [-0.2, -0.15) is 0 Å². The van der Waals surface area contributed by atoms with E-state index in [1.54, 1.807) is 18.7 Å². The van der Waals surface area contributed by atoms with Crippen LogP contribution >= 0.6 is 0 Å². The third-order valence-electron chi connectivity index (χ3n) is 4.54.